The molecule has 0 amide bonds. The molecule has 0 saturated carbocycles. The van der Waals surface area contributed by atoms with Gasteiger partial charge in [-0.1, -0.05) is 18.2 Å². The normalized spacial score (nSPS) is 13.4. The van der Waals surface area contributed by atoms with Crippen molar-refractivity contribution in [2.24, 2.45) is 4.40 Å². The molecule has 0 spiro atoms. The summed E-state index contributed by atoms with van der Waals surface area (Å²) in [5.41, 5.74) is -7.51. The molecular weight excluding hydrogens is 458 g/mol. The molecule has 14 heteroatoms. The number of carboxylic acid groups (broad SMARTS) is 1. The maximum absolute atomic E-state index is 13.6. The highest BCUT2D eigenvalue weighted by Gasteiger charge is 2.47. The summed E-state index contributed by atoms with van der Waals surface area (Å²) >= 11 is 0. The van der Waals surface area contributed by atoms with E-state index in [9.17, 15) is 39.6 Å². The van der Waals surface area contributed by atoms with E-state index in [1.165, 1.54) is 0 Å². The Labute approximate surface area is 171 Å². The van der Waals surface area contributed by atoms with Crippen LogP contribution in [0.3, 0.4) is 0 Å². The van der Waals surface area contributed by atoms with Crippen LogP contribution in [0, 0.1) is 0 Å². The first-order chi connectivity index (χ1) is 14.1. The van der Waals surface area contributed by atoms with E-state index in [1.54, 1.807) is 0 Å². The first-order valence-corrected chi connectivity index (χ1v) is 9.55. The van der Waals surface area contributed by atoms with Crippen molar-refractivity contribution in [3.8, 4) is 5.75 Å². The summed E-state index contributed by atoms with van der Waals surface area (Å²) in [4.78, 5) is 11.6. The van der Waals surface area contributed by atoms with Gasteiger partial charge in [-0.05, 0) is 22.9 Å². The molecule has 0 radical (unpaired) electrons. The van der Waals surface area contributed by atoms with Gasteiger partial charge in [0.2, 0.25) is 0 Å². The maximum atomic E-state index is 13.6. The van der Waals surface area contributed by atoms with Crippen LogP contribution in [-0.2, 0) is 21.0 Å². The Kier molecular flexibility index (Phi) is 6.45. The number of aliphatic carboxylic acids is 1. The molecule has 0 aliphatic heterocycles. The molecule has 0 bridgehead atoms. The first kappa shape index (κ1) is 24.2. The SMILES string of the molecule is COc1ccc2c(C(=NS(=O)(=O)C(F)(F)F)N(C)CC(=O)O)cccc2c1C(F)(F)F. The van der Waals surface area contributed by atoms with Crippen molar-refractivity contribution in [2.45, 2.75) is 11.7 Å². The quantitative estimate of drug-likeness (QED) is 0.407. The number of likely N-dealkylation sites (N-methyl/N-ethyl adjacent to an activating group) is 1. The highest BCUT2D eigenvalue weighted by Crippen LogP contribution is 2.42. The lowest BCUT2D eigenvalue weighted by atomic mass is 9.98. The second-order valence-electron chi connectivity index (χ2n) is 6.13. The Hall–Kier alpha value is -3.03. The number of fused-ring (bicyclic) bond motifs is 1. The third-order valence-electron chi connectivity index (χ3n) is 4.00. The zero-order valence-corrected chi connectivity index (χ0v) is 16.6. The van der Waals surface area contributed by atoms with Gasteiger partial charge < -0.3 is 14.7 Å². The van der Waals surface area contributed by atoms with Crippen molar-refractivity contribution in [1.29, 1.82) is 0 Å². The highest BCUT2D eigenvalue weighted by atomic mass is 32.2. The number of methoxy groups -OCH3 is 1. The molecule has 0 fully saturated rings. The van der Waals surface area contributed by atoms with Gasteiger partial charge in [0.05, 0.1) is 7.11 Å². The summed E-state index contributed by atoms with van der Waals surface area (Å²) in [7, 11) is -4.21. The molecule has 7 nitrogen and oxygen atoms in total. The van der Waals surface area contributed by atoms with Gasteiger partial charge in [-0.3, -0.25) is 4.79 Å². The number of carbonyl (C=O) groups is 1. The van der Waals surface area contributed by atoms with Gasteiger partial charge >= 0.3 is 27.7 Å². The Bertz CT molecular complexity index is 1140. The standard InChI is InChI=1S/C17H14F6N2O5S/c1-25(8-13(26)27)15(24-31(28,29)17(21,22)23)11-5-3-4-10-9(11)6-7-12(30-2)14(10)16(18,19)20/h3-7H,8H2,1-2H3,(H,26,27). The van der Waals surface area contributed by atoms with Gasteiger partial charge in [0.15, 0.2) is 0 Å². The van der Waals surface area contributed by atoms with Crippen molar-refractivity contribution in [3.63, 3.8) is 0 Å². The van der Waals surface area contributed by atoms with Crippen LogP contribution in [-0.4, -0.2) is 56.4 Å². The van der Waals surface area contributed by atoms with Crippen LogP contribution in [0.25, 0.3) is 10.8 Å². The zero-order valence-electron chi connectivity index (χ0n) is 15.7. The van der Waals surface area contributed by atoms with Crippen molar-refractivity contribution >= 4 is 32.6 Å². The van der Waals surface area contributed by atoms with Gasteiger partial charge in [0.1, 0.15) is 23.7 Å². The second kappa shape index (κ2) is 8.24. The summed E-state index contributed by atoms with van der Waals surface area (Å²) in [5.74, 6) is -3.11. The minimum absolute atomic E-state index is 0.316. The monoisotopic (exact) mass is 472 g/mol. The van der Waals surface area contributed by atoms with Crippen molar-refractivity contribution < 1.29 is 49.4 Å². The number of nitrogens with zero attached hydrogens (tertiary/aromatic N) is 2. The van der Waals surface area contributed by atoms with Gasteiger partial charge in [-0.2, -0.15) is 34.8 Å². The molecule has 0 aromatic heterocycles. The molecule has 31 heavy (non-hydrogen) atoms. The minimum Gasteiger partial charge on any atom is -0.496 e. The van der Waals surface area contributed by atoms with E-state index in [4.69, 9.17) is 9.84 Å². The van der Waals surface area contributed by atoms with Crippen LogP contribution >= 0.6 is 0 Å². The fraction of sp³-hybridized carbons (Fsp3) is 0.294. The maximum Gasteiger partial charge on any atom is 0.518 e. The molecular formula is C17H14F6N2O5S. The lowest BCUT2D eigenvalue weighted by Gasteiger charge is -2.22. The largest absolute Gasteiger partial charge is 0.518 e. The number of ether oxygens (including phenoxy) is 1. The average molecular weight is 472 g/mol. The third-order valence-corrected chi connectivity index (χ3v) is 5.00. The number of alkyl halides is 6. The molecule has 2 aromatic carbocycles. The summed E-state index contributed by atoms with van der Waals surface area (Å²) in [6.45, 7) is -0.981. The Balaban J connectivity index is 2.93. The lowest BCUT2D eigenvalue weighted by Crippen LogP contribution is -2.35. The van der Waals surface area contributed by atoms with E-state index in [-0.39, 0.29) is 5.39 Å². The minimum atomic E-state index is -6.14. The smallest absolute Gasteiger partial charge is 0.496 e. The Morgan fingerprint density at radius 3 is 2.19 bits per heavy atom. The topological polar surface area (TPSA) is 96.3 Å². The molecule has 0 atom stereocenters. The van der Waals surface area contributed by atoms with E-state index < -0.39 is 62.3 Å². The number of benzene rings is 2. The summed E-state index contributed by atoms with van der Waals surface area (Å²) in [5, 5.41) is 8.11. The predicted molar refractivity (Wildman–Crippen MR) is 97.3 cm³/mol. The van der Waals surface area contributed by atoms with E-state index in [0.29, 0.717) is 4.90 Å². The number of rotatable bonds is 5. The second-order valence-corrected chi connectivity index (χ2v) is 7.72. The number of halogens is 6. The average Bonchev–Trinajstić information content (AvgIpc) is 2.62. The summed E-state index contributed by atoms with van der Waals surface area (Å²) in [6, 6.07) is 5.05. The van der Waals surface area contributed by atoms with Gasteiger partial charge in [-0.15, -0.1) is 4.40 Å². The van der Waals surface area contributed by atoms with E-state index in [0.717, 1.165) is 44.5 Å². The van der Waals surface area contributed by atoms with Crippen molar-refractivity contribution in [2.75, 3.05) is 20.7 Å². The molecule has 0 aliphatic carbocycles. The zero-order chi connectivity index (χ0) is 23.8. The highest BCUT2D eigenvalue weighted by molar-refractivity contribution is 7.91. The van der Waals surface area contributed by atoms with Crippen molar-refractivity contribution in [3.05, 3.63) is 41.5 Å². The fourth-order valence-corrected chi connectivity index (χ4v) is 3.33. The third kappa shape index (κ3) is 5.00. The number of hydrogen-bond acceptors (Lipinski definition) is 4. The van der Waals surface area contributed by atoms with Crippen LogP contribution < -0.4 is 4.74 Å². The fourth-order valence-electron chi connectivity index (χ4n) is 2.76. The van der Waals surface area contributed by atoms with E-state index in [1.807, 2.05) is 0 Å². The first-order valence-electron chi connectivity index (χ1n) is 8.11. The Morgan fingerprint density at radius 2 is 1.71 bits per heavy atom. The number of amidine groups is 1. The molecule has 2 rings (SSSR count). The molecule has 2 aromatic rings. The number of hydrogen-bond donors (Lipinski definition) is 1. The van der Waals surface area contributed by atoms with Crippen molar-refractivity contribution in [1.82, 2.24) is 4.90 Å². The molecule has 0 unspecified atom stereocenters. The Morgan fingerprint density at radius 1 is 1.10 bits per heavy atom. The number of sulfonamides is 1. The molecule has 0 saturated heterocycles. The predicted octanol–water partition coefficient (Wildman–Crippen LogP) is 3.48. The summed E-state index contributed by atoms with van der Waals surface area (Å²) < 4.78 is 110. The summed E-state index contributed by atoms with van der Waals surface area (Å²) in [6.07, 6.45) is -4.92. The van der Waals surface area contributed by atoms with Crippen LogP contribution in [0.5, 0.6) is 5.75 Å². The van der Waals surface area contributed by atoms with Gasteiger partial charge in [0, 0.05) is 12.6 Å². The molecule has 170 valence electrons. The van der Waals surface area contributed by atoms with Gasteiger partial charge in [-0.25, -0.2) is 0 Å². The van der Waals surface area contributed by atoms with Crippen LogP contribution in [0.1, 0.15) is 11.1 Å². The number of carboxylic acids is 1. The van der Waals surface area contributed by atoms with E-state index >= 15 is 0 Å². The van der Waals surface area contributed by atoms with Gasteiger partial charge in [0.25, 0.3) is 0 Å². The molecule has 1 N–H and O–H groups in total. The molecule has 0 aliphatic rings. The van der Waals surface area contributed by atoms with E-state index in [2.05, 4.69) is 4.40 Å². The van der Waals surface area contributed by atoms with Crippen LogP contribution in [0.15, 0.2) is 34.7 Å². The van der Waals surface area contributed by atoms with Crippen LogP contribution in [0.4, 0.5) is 26.3 Å². The molecule has 0 heterocycles. The lowest BCUT2D eigenvalue weighted by molar-refractivity contribution is -0.138. The van der Waals surface area contributed by atoms with Crippen LogP contribution in [0.2, 0.25) is 0 Å².